The first-order chi connectivity index (χ1) is 5.63. The van der Waals surface area contributed by atoms with E-state index in [1.165, 1.54) is 0 Å². The first kappa shape index (κ1) is 8.52. The standard InChI is InChI=1S/C8H8O4/c9-7(10)6(8(11)12)5-3-1-2-4-5/h1-6H,(H,9,10)(H,11,12). The molecule has 1 rings (SSSR count). The van der Waals surface area contributed by atoms with Gasteiger partial charge in [0, 0.05) is 5.92 Å². The van der Waals surface area contributed by atoms with Crippen molar-refractivity contribution in [2.24, 2.45) is 11.8 Å². The van der Waals surface area contributed by atoms with Gasteiger partial charge in [0.1, 0.15) is 0 Å². The molecule has 4 heteroatoms. The Hall–Kier alpha value is -1.58. The van der Waals surface area contributed by atoms with Gasteiger partial charge in [-0.3, -0.25) is 9.59 Å². The van der Waals surface area contributed by atoms with Gasteiger partial charge in [-0.1, -0.05) is 24.3 Å². The van der Waals surface area contributed by atoms with Crippen molar-refractivity contribution in [2.45, 2.75) is 0 Å². The summed E-state index contributed by atoms with van der Waals surface area (Å²) in [4.78, 5) is 21.0. The lowest BCUT2D eigenvalue weighted by Gasteiger charge is -2.10. The van der Waals surface area contributed by atoms with Crippen molar-refractivity contribution in [2.75, 3.05) is 0 Å². The number of aliphatic carboxylic acids is 2. The van der Waals surface area contributed by atoms with Crippen molar-refractivity contribution in [3.8, 4) is 0 Å². The number of carboxylic acids is 2. The SMILES string of the molecule is O=C(O)C(C(=O)O)C1C=CC=C1. The Labute approximate surface area is 68.8 Å². The number of carbonyl (C=O) groups is 2. The Kier molecular flexibility index (Phi) is 2.28. The summed E-state index contributed by atoms with van der Waals surface area (Å²) in [6.07, 6.45) is 6.41. The van der Waals surface area contributed by atoms with Crippen LogP contribution in [-0.2, 0) is 9.59 Å². The van der Waals surface area contributed by atoms with Crippen molar-refractivity contribution in [1.82, 2.24) is 0 Å². The molecule has 0 fully saturated rings. The molecule has 0 aromatic heterocycles. The summed E-state index contributed by atoms with van der Waals surface area (Å²) in [5, 5.41) is 17.1. The largest absolute Gasteiger partial charge is 0.481 e. The third-order valence-corrected chi connectivity index (χ3v) is 1.69. The van der Waals surface area contributed by atoms with E-state index in [2.05, 4.69) is 0 Å². The highest BCUT2D eigenvalue weighted by Crippen LogP contribution is 2.20. The van der Waals surface area contributed by atoms with Crippen LogP contribution in [0.4, 0.5) is 0 Å². The zero-order valence-corrected chi connectivity index (χ0v) is 6.18. The van der Waals surface area contributed by atoms with Gasteiger partial charge < -0.3 is 10.2 Å². The third kappa shape index (κ3) is 1.53. The van der Waals surface area contributed by atoms with Gasteiger partial charge in [0.25, 0.3) is 0 Å². The third-order valence-electron chi connectivity index (χ3n) is 1.69. The fourth-order valence-corrected chi connectivity index (χ4v) is 1.11. The average molecular weight is 168 g/mol. The molecule has 4 nitrogen and oxygen atoms in total. The van der Waals surface area contributed by atoms with E-state index >= 15 is 0 Å². The van der Waals surface area contributed by atoms with Crippen LogP contribution in [0.3, 0.4) is 0 Å². The van der Waals surface area contributed by atoms with Gasteiger partial charge in [-0.05, 0) is 0 Å². The van der Waals surface area contributed by atoms with Gasteiger partial charge in [-0.15, -0.1) is 0 Å². The maximum absolute atomic E-state index is 10.5. The number of hydrogen-bond acceptors (Lipinski definition) is 2. The second-order valence-corrected chi connectivity index (χ2v) is 2.50. The first-order valence-corrected chi connectivity index (χ1v) is 3.43. The predicted octanol–water partition coefficient (Wildman–Crippen LogP) is 0.514. The maximum atomic E-state index is 10.5. The van der Waals surface area contributed by atoms with Crippen molar-refractivity contribution in [1.29, 1.82) is 0 Å². The van der Waals surface area contributed by atoms with Crippen LogP contribution in [0.2, 0.25) is 0 Å². The maximum Gasteiger partial charge on any atom is 0.318 e. The van der Waals surface area contributed by atoms with Crippen LogP contribution in [0.25, 0.3) is 0 Å². The van der Waals surface area contributed by atoms with Gasteiger partial charge in [0.15, 0.2) is 5.92 Å². The van der Waals surface area contributed by atoms with E-state index in [0.717, 1.165) is 0 Å². The molecular weight excluding hydrogens is 160 g/mol. The van der Waals surface area contributed by atoms with Crippen LogP contribution in [0, 0.1) is 11.8 Å². The molecular formula is C8H8O4. The van der Waals surface area contributed by atoms with Crippen molar-refractivity contribution in [3.05, 3.63) is 24.3 Å². The lowest BCUT2D eigenvalue weighted by molar-refractivity contribution is -0.155. The molecule has 0 unspecified atom stereocenters. The highest BCUT2D eigenvalue weighted by Gasteiger charge is 2.32. The number of rotatable bonds is 3. The van der Waals surface area contributed by atoms with E-state index in [1.54, 1.807) is 24.3 Å². The van der Waals surface area contributed by atoms with E-state index < -0.39 is 23.8 Å². The Morgan fingerprint density at radius 2 is 1.50 bits per heavy atom. The summed E-state index contributed by atoms with van der Waals surface area (Å²) in [6, 6.07) is 0. The van der Waals surface area contributed by atoms with Gasteiger partial charge in [-0.2, -0.15) is 0 Å². The van der Waals surface area contributed by atoms with Crippen molar-refractivity contribution < 1.29 is 19.8 Å². The van der Waals surface area contributed by atoms with Gasteiger partial charge in [0.05, 0.1) is 0 Å². The van der Waals surface area contributed by atoms with Crippen LogP contribution >= 0.6 is 0 Å². The second-order valence-electron chi connectivity index (χ2n) is 2.50. The summed E-state index contributed by atoms with van der Waals surface area (Å²) >= 11 is 0. The summed E-state index contributed by atoms with van der Waals surface area (Å²) < 4.78 is 0. The minimum atomic E-state index is -1.36. The first-order valence-electron chi connectivity index (χ1n) is 3.43. The van der Waals surface area contributed by atoms with E-state index in [1.807, 2.05) is 0 Å². The lowest BCUT2D eigenvalue weighted by Crippen LogP contribution is -2.28. The molecule has 0 aromatic rings. The molecule has 2 N–H and O–H groups in total. The van der Waals surface area contributed by atoms with E-state index in [0.29, 0.717) is 0 Å². The highest BCUT2D eigenvalue weighted by molar-refractivity contribution is 5.93. The van der Waals surface area contributed by atoms with Gasteiger partial charge >= 0.3 is 11.9 Å². The molecule has 0 amide bonds. The molecule has 0 aromatic carbocycles. The van der Waals surface area contributed by atoms with Crippen LogP contribution < -0.4 is 0 Å². The van der Waals surface area contributed by atoms with Crippen LogP contribution in [0.5, 0.6) is 0 Å². The topological polar surface area (TPSA) is 74.6 Å². The molecule has 0 atom stereocenters. The Morgan fingerprint density at radius 3 is 1.83 bits per heavy atom. The van der Waals surface area contributed by atoms with Gasteiger partial charge in [-0.25, -0.2) is 0 Å². The minimum Gasteiger partial charge on any atom is -0.481 e. The molecule has 0 radical (unpaired) electrons. The summed E-state index contributed by atoms with van der Waals surface area (Å²) in [5.74, 6) is -4.48. The Morgan fingerprint density at radius 1 is 1.08 bits per heavy atom. The number of allylic oxidation sites excluding steroid dienone is 4. The van der Waals surface area contributed by atoms with Crippen LogP contribution in [-0.4, -0.2) is 22.2 Å². The molecule has 0 aliphatic heterocycles. The minimum absolute atomic E-state index is 0.514. The number of carboxylic acid groups (broad SMARTS) is 2. The predicted molar refractivity (Wildman–Crippen MR) is 40.5 cm³/mol. The molecule has 1 aliphatic rings. The summed E-state index contributed by atoms with van der Waals surface area (Å²) in [5.41, 5.74) is 0. The Balaban J connectivity index is 2.79. The molecule has 0 heterocycles. The fourth-order valence-electron chi connectivity index (χ4n) is 1.11. The lowest BCUT2D eigenvalue weighted by atomic mass is 9.94. The van der Waals surface area contributed by atoms with E-state index in [-0.39, 0.29) is 0 Å². The molecule has 12 heavy (non-hydrogen) atoms. The smallest absolute Gasteiger partial charge is 0.318 e. The van der Waals surface area contributed by atoms with Crippen molar-refractivity contribution in [3.63, 3.8) is 0 Å². The zero-order valence-electron chi connectivity index (χ0n) is 6.18. The average Bonchev–Trinajstić information content (AvgIpc) is 2.37. The molecule has 0 saturated heterocycles. The summed E-state index contributed by atoms with van der Waals surface area (Å²) in [7, 11) is 0. The van der Waals surface area contributed by atoms with Crippen LogP contribution in [0.15, 0.2) is 24.3 Å². The second kappa shape index (κ2) is 3.21. The van der Waals surface area contributed by atoms with Crippen LogP contribution in [0.1, 0.15) is 0 Å². The monoisotopic (exact) mass is 168 g/mol. The Bertz CT molecular complexity index is 238. The van der Waals surface area contributed by atoms with Gasteiger partial charge in [0.2, 0.25) is 0 Å². The molecule has 0 spiro atoms. The molecule has 1 aliphatic carbocycles. The quantitative estimate of drug-likeness (QED) is 0.602. The summed E-state index contributed by atoms with van der Waals surface area (Å²) in [6.45, 7) is 0. The molecule has 0 saturated carbocycles. The fraction of sp³-hybridized carbons (Fsp3) is 0.250. The number of hydrogen-bond donors (Lipinski definition) is 2. The molecule has 0 bridgehead atoms. The van der Waals surface area contributed by atoms with Crippen molar-refractivity contribution >= 4 is 11.9 Å². The highest BCUT2D eigenvalue weighted by atomic mass is 16.4. The zero-order chi connectivity index (χ0) is 9.14. The van der Waals surface area contributed by atoms with E-state index in [9.17, 15) is 9.59 Å². The van der Waals surface area contributed by atoms with E-state index in [4.69, 9.17) is 10.2 Å². The normalized spacial score (nSPS) is 15.8. The molecule has 64 valence electrons.